The van der Waals surface area contributed by atoms with E-state index >= 15 is 0 Å². The maximum atomic E-state index is 13.1. The molecule has 19 heteroatoms. The molecule has 3 N–H and O–H groups in total. The first-order valence-corrected chi connectivity index (χ1v) is 43.2. The van der Waals surface area contributed by atoms with E-state index in [-0.39, 0.29) is 25.7 Å². The molecule has 17 nitrogen and oxygen atoms in total. The van der Waals surface area contributed by atoms with Crippen LogP contribution < -0.4 is 0 Å². The number of allylic oxidation sites excluding steroid dienone is 4. The van der Waals surface area contributed by atoms with Gasteiger partial charge in [-0.25, -0.2) is 9.13 Å². The van der Waals surface area contributed by atoms with Crippen molar-refractivity contribution in [3.63, 3.8) is 0 Å². The zero-order valence-electron chi connectivity index (χ0n) is 63.7. The molecule has 0 aliphatic heterocycles. The first kappa shape index (κ1) is 95.5. The number of carbonyl (C=O) groups excluding carboxylic acids is 4. The van der Waals surface area contributed by atoms with Crippen molar-refractivity contribution in [2.75, 3.05) is 39.6 Å². The largest absolute Gasteiger partial charge is 0.472 e. The standard InChI is InChI=1S/C79H150O17P2/c1-8-11-12-13-14-15-16-17-20-25-28-34-39-48-55-62-78(83)95-74(66-89-76(81)60-53-46-38-33-27-24-22-19-18-21-23-26-31-36-43-50-57-70(4)5)68-93-97(85,86)91-64-73(80)65-92-98(87,88)94-69-75(67-90-77(82)61-54-47-42-41-45-52-59-72(7)10-3)96-79(84)63-56-49-40-35-30-29-32-37-44-51-58-71(6)9-2/h15-17,20,70-75,80H,8-14,18-19,21-69H2,1-7H3,(H,85,86)(H,87,88)/b16-15-,20-17-/t71?,72?,73-,74-,75-/m1/s1. The minimum absolute atomic E-state index is 0.0850. The van der Waals surface area contributed by atoms with Crippen LogP contribution in [0.3, 0.4) is 0 Å². The summed E-state index contributed by atoms with van der Waals surface area (Å²) in [5, 5.41) is 10.6. The predicted molar refractivity (Wildman–Crippen MR) is 400 cm³/mol. The van der Waals surface area contributed by atoms with Crippen LogP contribution in [0.15, 0.2) is 24.3 Å². The van der Waals surface area contributed by atoms with Gasteiger partial charge < -0.3 is 33.8 Å². The van der Waals surface area contributed by atoms with Crippen molar-refractivity contribution in [2.45, 2.75) is 401 Å². The molecule has 0 amide bonds. The van der Waals surface area contributed by atoms with E-state index in [9.17, 15) is 43.2 Å². The van der Waals surface area contributed by atoms with Gasteiger partial charge in [-0.2, -0.15) is 0 Å². The SMILES string of the molecule is CCCCCC/C=C\C=C/CCCCCCCC(=O)O[C@H](COC(=O)CCCCCCCCCCCCCCCCCCC(C)C)COP(=O)(O)OC[C@@H](O)COP(=O)(O)OC[C@@H](COC(=O)CCCCCCCCC(C)CC)OC(=O)CCCCCCCCCCCCC(C)CC. The molecule has 98 heavy (non-hydrogen) atoms. The van der Waals surface area contributed by atoms with Crippen molar-refractivity contribution in [1.82, 2.24) is 0 Å². The molecule has 0 aliphatic carbocycles. The molecular formula is C79H150O17P2. The number of rotatable bonds is 75. The van der Waals surface area contributed by atoms with Gasteiger partial charge in [-0.1, -0.05) is 330 Å². The molecule has 0 fully saturated rings. The van der Waals surface area contributed by atoms with Gasteiger partial charge in [-0.15, -0.1) is 0 Å². The highest BCUT2D eigenvalue weighted by atomic mass is 31.2. The second-order valence-electron chi connectivity index (χ2n) is 28.7. The van der Waals surface area contributed by atoms with Gasteiger partial charge in [0, 0.05) is 25.7 Å². The van der Waals surface area contributed by atoms with E-state index in [1.807, 2.05) is 0 Å². The Bertz CT molecular complexity index is 2000. The molecule has 0 aromatic carbocycles. The van der Waals surface area contributed by atoms with Crippen LogP contribution in [0, 0.1) is 17.8 Å². The van der Waals surface area contributed by atoms with Gasteiger partial charge in [0.05, 0.1) is 26.4 Å². The Labute approximate surface area is 599 Å². The smallest absolute Gasteiger partial charge is 0.462 e. The van der Waals surface area contributed by atoms with Gasteiger partial charge in [0.25, 0.3) is 0 Å². The van der Waals surface area contributed by atoms with Crippen LogP contribution >= 0.6 is 15.6 Å². The fourth-order valence-corrected chi connectivity index (χ4v) is 13.1. The number of phosphoric acid groups is 2. The van der Waals surface area contributed by atoms with Gasteiger partial charge in [-0.3, -0.25) is 37.3 Å². The number of aliphatic hydroxyl groups is 1. The van der Waals surface area contributed by atoms with Gasteiger partial charge in [-0.05, 0) is 69.1 Å². The van der Waals surface area contributed by atoms with Crippen molar-refractivity contribution in [3.8, 4) is 0 Å². The Kier molecular flexibility index (Phi) is 67.2. The van der Waals surface area contributed by atoms with Crippen LogP contribution in [0.5, 0.6) is 0 Å². The van der Waals surface area contributed by atoms with E-state index in [1.165, 1.54) is 173 Å². The molecule has 0 aromatic rings. The fraction of sp³-hybridized carbons (Fsp3) is 0.899. The normalized spacial score (nSPS) is 14.7. The van der Waals surface area contributed by atoms with Crippen LogP contribution in [-0.2, 0) is 65.4 Å². The van der Waals surface area contributed by atoms with Crippen molar-refractivity contribution in [3.05, 3.63) is 24.3 Å². The van der Waals surface area contributed by atoms with Gasteiger partial charge in [0.2, 0.25) is 0 Å². The van der Waals surface area contributed by atoms with Gasteiger partial charge in [0.15, 0.2) is 12.2 Å². The molecule has 7 atom stereocenters. The van der Waals surface area contributed by atoms with Crippen LogP contribution in [-0.4, -0.2) is 96.7 Å². The van der Waals surface area contributed by atoms with Crippen LogP contribution in [0.25, 0.3) is 0 Å². The monoisotopic (exact) mass is 1430 g/mol. The number of phosphoric ester groups is 2. The maximum absolute atomic E-state index is 13.1. The number of aliphatic hydroxyl groups excluding tert-OH is 1. The Hall–Kier alpha value is -2.46. The average Bonchev–Trinajstić information content (AvgIpc) is 0.982. The summed E-state index contributed by atoms with van der Waals surface area (Å²) in [5.41, 5.74) is 0. The van der Waals surface area contributed by atoms with Crippen molar-refractivity contribution >= 4 is 39.5 Å². The molecule has 4 unspecified atom stereocenters. The van der Waals surface area contributed by atoms with Crippen molar-refractivity contribution in [2.24, 2.45) is 17.8 Å². The minimum atomic E-state index is -4.97. The maximum Gasteiger partial charge on any atom is 0.472 e. The van der Waals surface area contributed by atoms with Crippen molar-refractivity contribution in [1.29, 1.82) is 0 Å². The first-order valence-electron chi connectivity index (χ1n) is 40.2. The second kappa shape index (κ2) is 68.9. The summed E-state index contributed by atoms with van der Waals surface area (Å²) in [6.45, 7) is 11.9. The van der Waals surface area contributed by atoms with Crippen LogP contribution in [0.1, 0.15) is 382 Å². The topological polar surface area (TPSA) is 237 Å². The third kappa shape index (κ3) is 69.3. The Balaban J connectivity index is 5.27. The molecule has 0 saturated heterocycles. The fourth-order valence-electron chi connectivity index (χ4n) is 11.5. The lowest BCUT2D eigenvalue weighted by Gasteiger charge is -2.21. The summed E-state index contributed by atoms with van der Waals surface area (Å²) in [4.78, 5) is 72.9. The summed E-state index contributed by atoms with van der Waals surface area (Å²) >= 11 is 0. The highest BCUT2D eigenvalue weighted by Crippen LogP contribution is 2.45. The van der Waals surface area contributed by atoms with E-state index in [0.717, 1.165) is 127 Å². The summed E-state index contributed by atoms with van der Waals surface area (Å²) in [7, 11) is -9.93. The molecule has 0 heterocycles. The summed E-state index contributed by atoms with van der Waals surface area (Å²) in [6.07, 6.45) is 59.0. The average molecular weight is 1430 g/mol. The lowest BCUT2D eigenvalue weighted by molar-refractivity contribution is -0.161. The molecule has 0 rings (SSSR count). The number of hydrogen-bond donors (Lipinski definition) is 3. The van der Waals surface area contributed by atoms with Gasteiger partial charge in [0.1, 0.15) is 19.3 Å². The zero-order valence-corrected chi connectivity index (χ0v) is 65.5. The number of ether oxygens (including phenoxy) is 4. The van der Waals surface area contributed by atoms with Crippen LogP contribution in [0.2, 0.25) is 0 Å². The van der Waals surface area contributed by atoms with Crippen LogP contribution in [0.4, 0.5) is 0 Å². The Morgan fingerprint density at radius 3 is 0.908 bits per heavy atom. The van der Waals surface area contributed by atoms with E-state index in [4.69, 9.17) is 37.0 Å². The number of carbonyl (C=O) groups is 4. The van der Waals surface area contributed by atoms with E-state index in [0.29, 0.717) is 25.7 Å². The lowest BCUT2D eigenvalue weighted by Crippen LogP contribution is -2.30. The Morgan fingerprint density at radius 1 is 0.337 bits per heavy atom. The number of hydrogen-bond acceptors (Lipinski definition) is 15. The molecule has 0 saturated carbocycles. The van der Waals surface area contributed by atoms with E-state index < -0.39 is 97.5 Å². The lowest BCUT2D eigenvalue weighted by atomic mass is 9.99. The van der Waals surface area contributed by atoms with Gasteiger partial charge >= 0.3 is 39.5 Å². The summed E-state index contributed by atoms with van der Waals surface area (Å²) < 4.78 is 68.6. The highest BCUT2D eigenvalue weighted by Gasteiger charge is 2.30. The first-order chi connectivity index (χ1) is 47.3. The highest BCUT2D eigenvalue weighted by molar-refractivity contribution is 7.47. The predicted octanol–water partition coefficient (Wildman–Crippen LogP) is 22.9. The van der Waals surface area contributed by atoms with E-state index in [1.54, 1.807) is 0 Å². The quantitative estimate of drug-likeness (QED) is 0.0169. The number of esters is 4. The third-order valence-electron chi connectivity index (χ3n) is 18.5. The zero-order chi connectivity index (χ0) is 72.3. The van der Waals surface area contributed by atoms with Crippen molar-refractivity contribution < 1.29 is 80.2 Å². The van der Waals surface area contributed by atoms with E-state index in [2.05, 4.69) is 72.8 Å². The summed E-state index contributed by atoms with van der Waals surface area (Å²) in [5.74, 6) is 0.195. The Morgan fingerprint density at radius 2 is 0.602 bits per heavy atom. The summed E-state index contributed by atoms with van der Waals surface area (Å²) in [6, 6.07) is 0. The third-order valence-corrected chi connectivity index (χ3v) is 20.4. The minimum Gasteiger partial charge on any atom is -0.462 e. The molecule has 0 radical (unpaired) electrons. The molecule has 0 aliphatic rings. The second-order valence-corrected chi connectivity index (χ2v) is 31.6. The molecular weight excluding hydrogens is 1280 g/mol. The number of unbranched alkanes of at least 4 members (excludes halogenated alkanes) is 38. The molecule has 0 bridgehead atoms. The molecule has 0 spiro atoms. The molecule has 578 valence electrons. The molecule has 0 aromatic heterocycles.